The molecule has 26 heavy (non-hydrogen) atoms. The Labute approximate surface area is 152 Å². The number of rotatable bonds is 8. The molecule has 0 bridgehead atoms. The second-order valence-electron chi connectivity index (χ2n) is 5.47. The van der Waals surface area contributed by atoms with Crippen molar-refractivity contribution in [1.29, 1.82) is 0 Å². The Kier molecular flexibility index (Phi) is 6.84. The first-order valence-electron chi connectivity index (χ1n) is 8.00. The number of methoxy groups -OCH3 is 2. The molecule has 0 radical (unpaired) electrons. The maximum absolute atomic E-state index is 12.0. The van der Waals surface area contributed by atoms with E-state index in [1.54, 1.807) is 36.4 Å². The molecule has 0 heterocycles. The van der Waals surface area contributed by atoms with Crippen LogP contribution in [0.15, 0.2) is 42.5 Å². The maximum atomic E-state index is 12.0. The van der Waals surface area contributed by atoms with Gasteiger partial charge in [0.15, 0.2) is 18.1 Å². The third-order valence-electron chi connectivity index (χ3n) is 3.50. The van der Waals surface area contributed by atoms with E-state index < -0.39 is 5.91 Å². The summed E-state index contributed by atoms with van der Waals surface area (Å²) in [6, 6.07) is 12.5. The summed E-state index contributed by atoms with van der Waals surface area (Å²) in [6.07, 6.45) is 0. The largest absolute Gasteiger partial charge is 0.495 e. The van der Waals surface area contributed by atoms with Crippen LogP contribution in [0.2, 0.25) is 0 Å². The molecular weight excluding hydrogens is 336 g/mol. The van der Waals surface area contributed by atoms with Crippen molar-refractivity contribution in [3.8, 4) is 17.2 Å². The Bertz CT molecular complexity index is 776. The standard InChI is InChI=1S/C19H22N2O5/c1-13-8-9-15(24-2)14(10-13)21-18(22)11-20-19(23)12-26-17-7-5-4-6-16(17)25-3/h4-10H,11-12H2,1-3H3,(H,20,23)(H,21,22). The molecule has 0 aliphatic rings. The Morgan fingerprint density at radius 2 is 1.62 bits per heavy atom. The highest BCUT2D eigenvalue weighted by atomic mass is 16.5. The van der Waals surface area contributed by atoms with Gasteiger partial charge < -0.3 is 24.8 Å². The van der Waals surface area contributed by atoms with Crippen molar-refractivity contribution in [2.75, 3.05) is 32.7 Å². The molecule has 2 aromatic rings. The fourth-order valence-electron chi connectivity index (χ4n) is 2.23. The second kappa shape index (κ2) is 9.31. The number of hydrogen-bond donors (Lipinski definition) is 2. The van der Waals surface area contributed by atoms with E-state index >= 15 is 0 Å². The molecule has 0 spiro atoms. The zero-order valence-electron chi connectivity index (χ0n) is 15.0. The molecule has 2 amide bonds. The van der Waals surface area contributed by atoms with E-state index in [0.29, 0.717) is 22.9 Å². The molecule has 2 N–H and O–H groups in total. The highest BCUT2D eigenvalue weighted by molar-refractivity contribution is 5.95. The zero-order chi connectivity index (χ0) is 18.9. The van der Waals surface area contributed by atoms with E-state index in [-0.39, 0.29) is 19.1 Å². The van der Waals surface area contributed by atoms with E-state index in [1.807, 2.05) is 13.0 Å². The Balaban J connectivity index is 1.82. The minimum Gasteiger partial charge on any atom is -0.495 e. The molecule has 0 fully saturated rings. The van der Waals surface area contributed by atoms with Gasteiger partial charge in [-0.2, -0.15) is 0 Å². The highest BCUT2D eigenvalue weighted by Gasteiger charge is 2.11. The zero-order valence-corrected chi connectivity index (χ0v) is 15.0. The number of carbonyl (C=O) groups is 2. The third kappa shape index (κ3) is 5.41. The van der Waals surface area contributed by atoms with Crippen molar-refractivity contribution in [2.24, 2.45) is 0 Å². The number of hydrogen-bond acceptors (Lipinski definition) is 5. The van der Waals surface area contributed by atoms with Gasteiger partial charge in [0.25, 0.3) is 5.91 Å². The van der Waals surface area contributed by atoms with Gasteiger partial charge in [-0.1, -0.05) is 18.2 Å². The molecule has 7 heteroatoms. The van der Waals surface area contributed by atoms with Crippen LogP contribution in [0.1, 0.15) is 5.56 Å². The second-order valence-corrected chi connectivity index (χ2v) is 5.47. The van der Waals surface area contributed by atoms with Crippen LogP contribution in [0.4, 0.5) is 5.69 Å². The van der Waals surface area contributed by atoms with Crippen LogP contribution in [-0.4, -0.2) is 39.2 Å². The van der Waals surface area contributed by atoms with Crippen molar-refractivity contribution in [1.82, 2.24) is 5.32 Å². The normalized spacial score (nSPS) is 9.96. The van der Waals surface area contributed by atoms with Gasteiger partial charge in [0.1, 0.15) is 5.75 Å². The monoisotopic (exact) mass is 358 g/mol. The topological polar surface area (TPSA) is 85.9 Å². The molecule has 0 saturated carbocycles. The molecule has 138 valence electrons. The Morgan fingerprint density at radius 3 is 2.31 bits per heavy atom. The lowest BCUT2D eigenvalue weighted by molar-refractivity contribution is -0.125. The van der Waals surface area contributed by atoms with Gasteiger partial charge in [-0.3, -0.25) is 9.59 Å². The lowest BCUT2D eigenvalue weighted by Crippen LogP contribution is -2.35. The van der Waals surface area contributed by atoms with Crippen molar-refractivity contribution in [2.45, 2.75) is 6.92 Å². The number of para-hydroxylation sites is 2. The van der Waals surface area contributed by atoms with Crippen molar-refractivity contribution < 1.29 is 23.8 Å². The summed E-state index contributed by atoms with van der Waals surface area (Å²) in [6.45, 7) is 1.51. The van der Waals surface area contributed by atoms with E-state index in [9.17, 15) is 9.59 Å². The summed E-state index contributed by atoms with van der Waals surface area (Å²) >= 11 is 0. The Hall–Kier alpha value is -3.22. The predicted octanol–water partition coefficient (Wildman–Crippen LogP) is 2.15. The quantitative estimate of drug-likeness (QED) is 0.755. The predicted molar refractivity (Wildman–Crippen MR) is 97.9 cm³/mol. The van der Waals surface area contributed by atoms with Gasteiger partial charge >= 0.3 is 0 Å². The smallest absolute Gasteiger partial charge is 0.258 e. The van der Waals surface area contributed by atoms with Gasteiger partial charge in [0.05, 0.1) is 26.5 Å². The van der Waals surface area contributed by atoms with Gasteiger partial charge in [0.2, 0.25) is 5.91 Å². The number of amides is 2. The van der Waals surface area contributed by atoms with Crippen molar-refractivity contribution in [3.05, 3.63) is 48.0 Å². The van der Waals surface area contributed by atoms with E-state index in [2.05, 4.69) is 10.6 Å². The number of carbonyl (C=O) groups excluding carboxylic acids is 2. The lowest BCUT2D eigenvalue weighted by Gasteiger charge is -2.12. The van der Waals surface area contributed by atoms with Gasteiger partial charge in [-0.15, -0.1) is 0 Å². The SMILES string of the molecule is COc1ccc(C)cc1NC(=O)CNC(=O)COc1ccccc1OC. The molecule has 0 aliphatic heterocycles. The number of ether oxygens (including phenoxy) is 3. The summed E-state index contributed by atoms with van der Waals surface area (Å²) in [5.74, 6) is 0.764. The van der Waals surface area contributed by atoms with Crippen LogP contribution in [0.5, 0.6) is 17.2 Å². The van der Waals surface area contributed by atoms with Crippen LogP contribution in [-0.2, 0) is 9.59 Å². The minimum absolute atomic E-state index is 0.175. The van der Waals surface area contributed by atoms with Gasteiger partial charge in [0, 0.05) is 0 Å². The van der Waals surface area contributed by atoms with E-state index in [1.165, 1.54) is 14.2 Å². The molecule has 0 unspecified atom stereocenters. The molecule has 2 aromatic carbocycles. The van der Waals surface area contributed by atoms with Crippen LogP contribution in [0, 0.1) is 6.92 Å². The first-order valence-corrected chi connectivity index (χ1v) is 8.00. The number of anilines is 1. The fourth-order valence-corrected chi connectivity index (χ4v) is 2.23. The van der Waals surface area contributed by atoms with E-state index in [0.717, 1.165) is 5.56 Å². The summed E-state index contributed by atoms with van der Waals surface area (Å²) in [5, 5.41) is 5.22. The molecule has 7 nitrogen and oxygen atoms in total. The summed E-state index contributed by atoms with van der Waals surface area (Å²) in [4.78, 5) is 23.9. The molecule has 2 rings (SSSR count). The van der Waals surface area contributed by atoms with Gasteiger partial charge in [-0.25, -0.2) is 0 Å². The summed E-state index contributed by atoms with van der Waals surface area (Å²) in [5.41, 5.74) is 1.53. The van der Waals surface area contributed by atoms with Gasteiger partial charge in [-0.05, 0) is 36.8 Å². The number of aryl methyl sites for hydroxylation is 1. The molecular formula is C19H22N2O5. The average molecular weight is 358 g/mol. The summed E-state index contributed by atoms with van der Waals surface area (Å²) in [7, 11) is 3.05. The summed E-state index contributed by atoms with van der Waals surface area (Å²) < 4.78 is 15.7. The average Bonchev–Trinajstić information content (AvgIpc) is 2.65. The number of nitrogens with one attached hydrogen (secondary N) is 2. The van der Waals surface area contributed by atoms with E-state index in [4.69, 9.17) is 14.2 Å². The van der Waals surface area contributed by atoms with Crippen molar-refractivity contribution in [3.63, 3.8) is 0 Å². The van der Waals surface area contributed by atoms with Crippen LogP contribution < -0.4 is 24.8 Å². The van der Waals surface area contributed by atoms with Crippen LogP contribution >= 0.6 is 0 Å². The lowest BCUT2D eigenvalue weighted by atomic mass is 10.2. The molecule has 0 saturated heterocycles. The first-order chi connectivity index (χ1) is 12.5. The van der Waals surface area contributed by atoms with Crippen molar-refractivity contribution >= 4 is 17.5 Å². The first kappa shape index (κ1) is 19.1. The Morgan fingerprint density at radius 1 is 0.923 bits per heavy atom. The fraction of sp³-hybridized carbons (Fsp3) is 0.263. The van der Waals surface area contributed by atoms with Crippen LogP contribution in [0.25, 0.3) is 0 Å². The highest BCUT2D eigenvalue weighted by Crippen LogP contribution is 2.26. The van der Waals surface area contributed by atoms with Crippen LogP contribution in [0.3, 0.4) is 0 Å². The molecule has 0 aliphatic carbocycles. The molecule has 0 aromatic heterocycles. The number of benzene rings is 2. The third-order valence-corrected chi connectivity index (χ3v) is 3.50. The molecule has 0 atom stereocenters. The maximum Gasteiger partial charge on any atom is 0.258 e. The minimum atomic E-state index is -0.415.